The molecule has 0 heterocycles. The number of rotatable bonds is 5. The molecule has 4 nitrogen and oxygen atoms in total. The summed E-state index contributed by atoms with van der Waals surface area (Å²) in [4.78, 5) is 25.7. The van der Waals surface area contributed by atoms with Crippen molar-refractivity contribution in [2.45, 2.75) is 20.8 Å². The van der Waals surface area contributed by atoms with Crippen LogP contribution >= 0.6 is 0 Å². The van der Waals surface area contributed by atoms with E-state index in [1.807, 2.05) is 63.2 Å². The highest BCUT2D eigenvalue weighted by molar-refractivity contribution is 5.98. The van der Waals surface area contributed by atoms with Crippen LogP contribution in [0.15, 0.2) is 48.5 Å². The molecule has 0 aliphatic heterocycles. The zero-order valence-corrected chi connectivity index (χ0v) is 15.2. The molecule has 0 saturated carbocycles. The summed E-state index contributed by atoms with van der Waals surface area (Å²) in [5, 5.41) is 2.86. The lowest BCUT2D eigenvalue weighted by Crippen LogP contribution is -2.34. The van der Waals surface area contributed by atoms with Crippen molar-refractivity contribution in [2.24, 2.45) is 0 Å². The van der Waals surface area contributed by atoms with Crippen LogP contribution in [0.1, 0.15) is 22.3 Å². The number of amides is 2. The normalized spacial score (nSPS) is 10.7. The van der Waals surface area contributed by atoms with Crippen molar-refractivity contribution in [1.29, 1.82) is 0 Å². The van der Waals surface area contributed by atoms with Crippen LogP contribution in [-0.2, 0) is 9.59 Å². The van der Waals surface area contributed by atoms with Gasteiger partial charge in [-0.15, -0.1) is 0 Å². The van der Waals surface area contributed by atoms with Crippen molar-refractivity contribution in [3.63, 3.8) is 0 Å². The Morgan fingerprint density at radius 2 is 1.64 bits per heavy atom. The smallest absolute Gasteiger partial charge is 0.246 e. The van der Waals surface area contributed by atoms with E-state index in [4.69, 9.17) is 0 Å². The third-order valence-electron chi connectivity index (χ3n) is 3.92. The Balaban J connectivity index is 1.92. The highest BCUT2D eigenvalue weighted by atomic mass is 16.2. The summed E-state index contributed by atoms with van der Waals surface area (Å²) in [5.41, 5.74) is 4.97. The lowest BCUT2D eigenvalue weighted by molar-refractivity contribution is -0.129. The van der Waals surface area contributed by atoms with Gasteiger partial charge in [-0.1, -0.05) is 42.0 Å². The monoisotopic (exact) mass is 336 g/mol. The zero-order valence-electron chi connectivity index (χ0n) is 15.2. The summed E-state index contributed by atoms with van der Waals surface area (Å²) < 4.78 is 0. The average molecular weight is 336 g/mol. The molecule has 1 N–H and O–H groups in total. The van der Waals surface area contributed by atoms with Gasteiger partial charge in [-0.25, -0.2) is 0 Å². The Kier molecular flexibility index (Phi) is 6.12. The van der Waals surface area contributed by atoms with E-state index < -0.39 is 0 Å². The molecule has 2 rings (SSSR count). The van der Waals surface area contributed by atoms with Crippen molar-refractivity contribution in [3.8, 4) is 0 Å². The predicted molar refractivity (Wildman–Crippen MR) is 102 cm³/mol. The molecular weight excluding hydrogens is 312 g/mol. The maximum Gasteiger partial charge on any atom is 0.246 e. The number of anilines is 1. The maximum atomic E-state index is 12.2. The van der Waals surface area contributed by atoms with E-state index in [-0.39, 0.29) is 18.4 Å². The molecule has 0 radical (unpaired) electrons. The van der Waals surface area contributed by atoms with Gasteiger partial charge in [0, 0.05) is 18.8 Å². The van der Waals surface area contributed by atoms with Crippen molar-refractivity contribution in [1.82, 2.24) is 4.90 Å². The molecule has 25 heavy (non-hydrogen) atoms. The number of carbonyl (C=O) groups excluding carboxylic acids is 2. The van der Waals surface area contributed by atoms with Crippen molar-refractivity contribution < 1.29 is 9.59 Å². The molecule has 0 aliphatic rings. The molecule has 0 atom stereocenters. The quantitative estimate of drug-likeness (QED) is 0.846. The molecule has 0 bridgehead atoms. The summed E-state index contributed by atoms with van der Waals surface area (Å²) in [5.74, 6) is -0.426. The minimum Gasteiger partial charge on any atom is -0.333 e. The van der Waals surface area contributed by atoms with E-state index in [1.54, 1.807) is 13.1 Å². The minimum atomic E-state index is -0.215. The van der Waals surface area contributed by atoms with Crippen molar-refractivity contribution >= 4 is 23.6 Å². The summed E-state index contributed by atoms with van der Waals surface area (Å²) in [6, 6.07) is 13.8. The second-order valence-corrected chi connectivity index (χ2v) is 6.30. The second kappa shape index (κ2) is 8.29. The number of likely N-dealkylation sites (N-methyl/N-ethyl adjacent to an activating group) is 1. The molecule has 2 aromatic rings. The largest absolute Gasteiger partial charge is 0.333 e. The van der Waals surface area contributed by atoms with Crippen LogP contribution in [0.4, 0.5) is 5.69 Å². The molecule has 0 fully saturated rings. The Bertz CT molecular complexity index is 792. The van der Waals surface area contributed by atoms with Crippen LogP contribution < -0.4 is 5.32 Å². The number of nitrogens with one attached hydrogen (secondary N) is 1. The second-order valence-electron chi connectivity index (χ2n) is 6.30. The number of carbonyl (C=O) groups is 2. The molecule has 0 saturated heterocycles. The highest BCUT2D eigenvalue weighted by Gasteiger charge is 2.11. The number of benzene rings is 2. The van der Waals surface area contributed by atoms with Gasteiger partial charge in [0.2, 0.25) is 11.8 Å². The molecule has 130 valence electrons. The molecule has 0 unspecified atom stereocenters. The molecule has 2 amide bonds. The molecule has 0 aliphatic carbocycles. The van der Waals surface area contributed by atoms with Gasteiger partial charge in [0.15, 0.2) is 0 Å². The van der Waals surface area contributed by atoms with Gasteiger partial charge >= 0.3 is 0 Å². The first-order chi connectivity index (χ1) is 11.8. The average Bonchev–Trinajstić information content (AvgIpc) is 2.57. The number of hydrogen-bond acceptors (Lipinski definition) is 2. The lowest BCUT2D eigenvalue weighted by Gasteiger charge is -2.16. The van der Waals surface area contributed by atoms with Crippen LogP contribution in [0, 0.1) is 20.8 Å². The molecule has 4 heteroatoms. The number of hydrogen-bond donors (Lipinski definition) is 1. The van der Waals surface area contributed by atoms with E-state index in [1.165, 1.54) is 16.5 Å². The van der Waals surface area contributed by atoms with E-state index in [2.05, 4.69) is 5.32 Å². The standard InChI is InChI=1S/C21H24N2O2/c1-15-6-9-18(10-7-15)11-12-21(25)23(4)14-20(24)22-19-13-16(2)5-8-17(19)3/h5-13H,14H2,1-4H3,(H,22,24)/b12-11+. The fraction of sp³-hybridized carbons (Fsp3) is 0.238. The maximum absolute atomic E-state index is 12.2. The summed E-state index contributed by atoms with van der Waals surface area (Å²) in [6.45, 7) is 5.93. The van der Waals surface area contributed by atoms with Crippen LogP contribution in [0.5, 0.6) is 0 Å². The molecule has 0 spiro atoms. The highest BCUT2D eigenvalue weighted by Crippen LogP contribution is 2.16. The van der Waals surface area contributed by atoms with Gasteiger partial charge in [0.1, 0.15) is 0 Å². The van der Waals surface area contributed by atoms with Gasteiger partial charge in [-0.05, 0) is 49.6 Å². The topological polar surface area (TPSA) is 49.4 Å². The first kappa shape index (κ1) is 18.5. The Hall–Kier alpha value is -2.88. The summed E-state index contributed by atoms with van der Waals surface area (Å²) in [6.07, 6.45) is 3.23. The minimum absolute atomic E-state index is 0.00442. The van der Waals surface area contributed by atoms with E-state index in [9.17, 15) is 9.59 Å². The third kappa shape index (κ3) is 5.60. The lowest BCUT2D eigenvalue weighted by atomic mass is 10.1. The molecule has 2 aromatic carbocycles. The van der Waals surface area contributed by atoms with E-state index in [0.717, 1.165) is 22.4 Å². The fourth-order valence-corrected chi connectivity index (χ4v) is 2.33. The zero-order chi connectivity index (χ0) is 18.4. The first-order valence-electron chi connectivity index (χ1n) is 8.22. The van der Waals surface area contributed by atoms with E-state index >= 15 is 0 Å². The number of nitrogens with zero attached hydrogens (tertiary/aromatic N) is 1. The van der Waals surface area contributed by atoms with Crippen LogP contribution in [0.3, 0.4) is 0 Å². The van der Waals surface area contributed by atoms with Gasteiger partial charge in [-0.3, -0.25) is 9.59 Å². The Morgan fingerprint density at radius 1 is 1.00 bits per heavy atom. The summed E-state index contributed by atoms with van der Waals surface area (Å²) in [7, 11) is 1.62. The Labute approximate surface area is 149 Å². The number of aryl methyl sites for hydroxylation is 3. The van der Waals surface area contributed by atoms with Gasteiger partial charge < -0.3 is 10.2 Å². The van der Waals surface area contributed by atoms with Gasteiger partial charge in [0.05, 0.1) is 6.54 Å². The van der Waals surface area contributed by atoms with Gasteiger partial charge in [-0.2, -0.15) is 0 Å². The SMILES string of the molecule is Cc1ccc(/C=C/C(=O)N(C)CC(=O)Nc2cc(C)ccc2C)cc1. The Morgan fingerprint density at radius 3 is 2.32 bits per heavy atom. The predicted octanol–water partition coefficient (Wildman–Crippen LogP) is 3.72. The fourth-order valence-electron chi connectivity index (χ4n) is 2.33. The van der Waals surface area contributed by atoms with Crippen LogP contribution in [0.25, 0.3) is 6.08 Å². The van der Waals surface area contributed by atoms with Crippen molar-refractivity contribution in [2.75, 3.05) is 18.9 Å². The molecule has 0 aromatic heterocycles. The van der Waals surface area contributed by atoms with Crippen LogP contribution in [-0.4, -0.2) is 30.3 Å². The van der Waals surface area contributed by atoms with E-state index in [0.29, 0.717) is 0 Å². The van der Waals surface area contributed by atoms with Crippen molar-refractivity contribution in [3.05, 3.63) is 70.8 Å². The summed E-state index contributed by atoms with van der Waals surface area (Å²) >= 11 is 0. The third-order valence-corrected chi connectivity index (χ3v) is 3.92. The van der Waals surface area contributed by atoms with Gasteiger partial charge in [0.25, 0.3) is 0 Å². The van der Waals surface area contributed by atoms with Crippen LogP contribution in [0.2, 0.25) is 0 Å². The first-order valence-corrected chi connectivity index (χ1v) is 8.22. The molecular formula is C21H24N2O2.